The van der Waals surface area contributed by atoms with Crippen LogP contribution < -0.4 is 0 Å². The third-order valence-corrected chi connectivity index (χ3v) is 5.14. The average Bonchev–Trinajstić information content (AvgIpc) is 2.73. The van der Waals surface area contributed by atoms with Crippen molar-refractivity contribution in [2.45, 2.75) is 0 Å². The van der Waals surface area contributed by atoms with Crippen LogP contribution in [0, 0.1) is 0 Å². The van der Waals surface area contributed by atoms with Gasteiger partial charge in [-0.05, 0) is 52.6 Å². The van der Waals surface area contributed by atoms with Crippen LogP contribution in [0.5, 0.6) is 11.5 Å². The Hall–Kier alpha value is -3.84. The number of hydrogen-bond acceptors (Lipinski definition) is 4. The van der Waals surface area contributed by atoms with E-state index in [0.717, 1.165) is 15.6 Å². The molecule has 0 heterocycles. The molecule has 0 atom stereocenters. The number of halogens is 1. The monoisotopic (exact) mass is 480 g/mol. The fourth-order valence-electron chi connectivity index (χ4n) is 2.82. The molecule has 0 amide bonds. The quantitative estimate of drug-likeness (QED) is 0.341. The van der Waals surface area contributed by atoms with Crippen LogP contribution in [-0.2, 0) is 0 Å². The number of carboxylic acids is 2. The summed E-state index contributed by atoms with van der Waals surface area (Å²) in [6.07, 6.45) is 7.11. The van der Waals surface area contributed by atoms with Gasteiger partial charge >= 0.3 is 11.9 Å². The molecule has 0 fully saturated rings. The highest BCUT2D eigenvalue weighted by Gasteiger charge is 2.10. The van der Waals surface area contributed by atoms with Crippen LogP contribution in [0.3, 0.4) is 0 Å². The van der Waals surface area contributed by atoms with Crippen molar-refractivity contribution in [3.8, 4) is 11.5 Å². The van der Waals surface area contributed by atoms with Gasteiger partial charge in [0.1, 0.15) is 22.6 Å². The number of aromatic hydroxyl groups is 2. The maximum absolute atomic E-state index is 11.1. The molecule has 0 saturated heterocycles. The number of aromatic carboxylic acids is 2. The van der Waals surface area contributed by atoms with Gasteiger partial charge in [-0.3, -0.25) is 0 Å². The molecule has 31 heavy (non-hydrogen) atoms. The third-order valence-electron chi connectivity index (χ3n) is 4.45. The van der Waals surface area contributed by atoms with E-state index in [0.29, 0.717) is 11.1 Å². The van der Waals surface area contributed by atoms with Crippen molar-refractivity contribution in [2.75, 3.05) is 0 Å². The molecule has 0 radical (unpaired) electrons. The van der Waals surface area contributed by atoms with Crippen molar-refractivity contribution in [1.29, 1.82) is 0 Å². The van der Waals surface area contributed by atoms with Crippen molar-refractivity contribution in [3.05, 3.63) is 92.5 Å². The molecule has 3 rings (SSSR count). The van der Waals surface area contributed by atoms with Crippen molar-refractivity contribution in [3.63, 3.8) is 0 Å². The minimum absolute atomic E-state index is 0.163. The molecule has 0 bridgehead atoms. The molecule has 6 nitrogen and oxygen atoms in total. The van der Waals surface area contributed by atoms with E-state index in [9.17, 15) is 19.8 Å². The first-order valence-electron chi connectivity index (χ1n) is 9.03. The minimum atomic E-state index is -1.20. The molecule has 4 N–H and O–H groups in total. The van der Waals surface area contributed by atoms with Crippen molar-refractivity contribution in [1.82, 2.24) is 0 Å². The topological polar surface area (TPSA) is 115 Å². The van der Waals surface area contributed by atoms with Crippen molar-refractivity contribution < 1.29 is 30.0 Å². The molecule has 156 valence electrons. The Bertz CT molecular complexity index is 1230. The van der Waals surface area contributed by atoms with Gasteiger partial charge in [-0.2, -0.15) is 0 Å². The summed E-state index contributed by atoms with van der Waals surface area (Å²) < 4.78 is 0.806. The van der Waals surface area contributed by atoms with E-state index in [4.69, 9.17) is 10.2 Å². The molecule has 7 heteroatoms. The van der Waals surface area contributed by atoms with Gasteiger partial charge in [0.05, 0.1) is 0 Å². The molecule has 0 aromatic heterocycles. The lowest BCUT2D eigenvalue weighted by Gasteiger charge is -2.03. The van der Waals surface area contributed by atoms with E-state index in [2.05, 4.69) is 15.9 Å². The fourth-order valence-corrected chi connectivity index (χ4v) is 3.35. The highest BCUT2D eigenvalue weighted by atomic mass is 79.9. The van der Waals surface area contributed by atoms with Crippen LogP contribution in [0.25, 0.3) is 24.3 Å². The lowest BCUT2D eigenvalue weighted by Crippen LogP contribution is -1.96. The number of carbonyl (C=O) groups is 2. The third kappa shape index (κ3) is 5.40. The summed E-state index contributed by atoms with van der Waals surface area (Å²) in [5.41, 5.74) is 2.67. The maximum Gasteiger partial charge on any atom is 0.339 e. The smallest absolute Gasteiger partial charge is 0.339 e. The Labute approximate surface area is 186 Å². The summed E-state index contributed by atoms with van der Waals surface area (Å²) >= 11 is 3.51. The van der Waals surface area contributed by atoms with E-state index in [1.807, 2.05) is 30.4 Å². The first-order valence-corrected chi connectivity index (χ1v) is 9.82. The second-order valence-electron chi connectivity index (χ2n) is 6.61. The summed E-state index contributed by atoms with van der Waals surface area (Å²) in [5, 5.41) is 37.4. The van der Waals surface area contributed by atoms with Gasteiger partial charge in [0, 0.05) is 4.47 Å². The van der Waals surface area contributed by atoms with E-state index in [1.54, 1.807) is 24.3 Å². The molecular weight excluding hydrogens is 464 g/mol. The molecule has 0 aliphatic carbocycles. The number of rotatable bonds is 6. The highest BCUT2D eigenvalue weighted by molar-refractivity contribution is 9.10. The minimum Gasteiger partial charge on any atom is -0.507 e. The summed E-state index contributed by atoms with van der Waals surface area (Å²) in [6.45, 7) is 0. The molecule has 0 spiro atoms. The van der Waals surface area contributed by atoms with Crippen LogP contribution in [0.1, 0.15) is 43.0 Å². The molecular formula is C24H17BrO6. The predicted octanol–water partition coefficient (Wildman–Crippen LogP) is 5.60. The van der Waals surface area contributed by atoms with Gasteiger partial charge < -0.3 is 20.4 Å². The summed E-state index contributed by atoms with van der Waals surface area (Å²) in [6, 6.07) is 14.3. The SMILES string of the molecule is O=C(O)c1cc(/C=C\c2ccc(/C=C\c3ccc(O)c(C(=O)O)c3)c(Br)c2)ccc1O. The first kappa shape index (κ1) is 21.9. The van der Waals surface area contributed by atoms with Gasteiger partial charge in [-0.1, -0.05) is 64.5 Å². The molecule has 3 aromatic carbocycles. The molecule has 0 saturated carbocycles. The first-order chi connectivity index (χ1) is 14.7. The van der Waals surface area contributed by atoms with Crippen molar-refractivity contribution in [2.24, 2.45) is 0 Å². The van der Waals surface area contributed by atoms with E-state index in [1.165, 1.54) is 24.3 Å². The number of carboxylic acid groups (broad SMARTS) is 2. The summed E-state index contributed by atoms with van der Waals surface area (Å²) in [4.78, 5) is 22.3. The lowest BCUT2D eigenvalue weighted by atomic mass is 10.1. The maximum atomic E-state index is 11.1. The fraction of sp³-hybridized carbons (Fsp3) is 0. The van der Waals surface area contributed by atoms with Gasteiger partial charge in [-0.25, -0.2) is 9.59 Å². The highest BCUT2D eigenvalue weighted by Crippen LogP contribution is 2.25. The largest absolute Gasteiger partial charge is 0.507 e. The Morgan fingerprint density at radius 3 is 1.52 bits per heavy atom. The zero-order valence-electron chi connectivity index (χ0n) is 16.0. The molecule has 0 unspecified atom stereocenters. The summed E-state index contributed by atoms with van der Waals surface area (Å²) in [5.74, 6) is -2.97. The van der Waals surface area contributed by atoms with Crippen LogP contribution in [0.2, 0.25) is 0 Å². The molecule has 0 aliphatic rings. The van der Waals surface area contributed by atoms with Gasteiger partial charge in [0.15, 0.2) is 0 Å². The van der Waals surface area contributed by atoms with Gasteiger partial charge in [0.25, 0.3) is 0 Å². The summed E-state index contributed by atoms with van der Waals surface area (Å²) in [7, 11) is 0. The van der Waals surface area contributed by atoms with E-state index >= 15 is 0 Å². The standard InChI is InChI=1S/C24H17BrO6/c25-20-13-16(2-1-14-5-9-21(26)18(11-14)23(28)29)4-8-17(20)7-3-15-6-10-22(27)19(12-15)24(30)31/h1-13,26-27H,(H,28,29)(H,30,31)/b2-1-,7-3-. The van der Waals surface area contributed by atoms with Gasteiger partial charge in [-0.15, -0.1) is 0 Å². The molecule has 3 aromatic rings. The number of hydrogen-bond donors (Lipinski definition) is 4. The Kier molecular flexibility index (Phi) is 6.57. The van der Waals surface area contributed by atoms with Crippen molar-refractivity contribution >= 4 is 52.2 Å². The zero-order chi connectivity index (χ0) is 22.5. The Balaban J connectivity index is 1.79. The van der Waals surface area contributed by atoms with Gasteiger partial charge in [0.2, 0.25) is 0 Å². The predicted molar refractivity (Wildman–Crippen MR) is 122 cm³/mol. The van der Waals surface area contributed by atoms with E-state index < -0.39 is 11.9 Å². The van der Waals surface area contributed by atoms with Crippen LogP contribution in [0.15, 0.2) is 59.1 Å². The lowest BCUT2D eigenvalue weighted by molar-refractivity contribution is 0.0682. The zero-order valence-corrected chi connectivity index (χ0v) is 17.6. The number of phenols is 2. The van der Waals surface area contributed by atoms with Crippen LogP contribution in [-0.4, -0.2) is 32.4 Å². The van der Waals surface area contributed by atoms with E-state index in [-0.39, 0.29) is 22.6 Å². The Morgan fingerprint density at radius 2 is 1.06 bits per heavy atom. The van der Waals surface area contributed by atoms with Crippen LogP contribution >= 0.6 is 15.9 Å². The number of benzene rings is 3. The van der Waals surface area contributed by atoms with Crippen LogP contribution in [0.4, 0.5) is 0 Å². The molecule has 0 aliphatic heterocycles. The Morgan fingerprint density at radius 1 is 0.645 bits per heavy atom. The normalized spacial score (nSPS) is 11.3. The second kappa shape index (κ2) is 9.32. The second-order valence-corrected chi connectivity index (χ2v) is 7.47. The average molecular weight is 481 g/mol.